The molecule has 1 atom stereocenters. The Morgan fingerprint density at radius 3 is 2.60 bits per heavy atom. The van der Waals surface area contributed by atoms with Crippen molar-refractivity contribution < 1.29 is 0 Å². The Morgan fingerprint density at radius 2 is 1.95 bits per heavy atom. The van der Waals surface area contributed by atoms with Gasteiger partial charge in [-0.2, -0.15) is 0 Å². The van der Waals surface area contributed by atoms with Crippen molar-refractivity contribution in [2.45, 2.75) is 50.7 Å². The molecule has 1 saturated heterocycles. The highest BCUT2D eigenvalue weighted by Crippen LogP contribution is 2.30. The smallest absolute Gasteiger partial charge is 0.0320 e. The summed E-state index contributed by atoms with van der Waals surface area (Å²) in [6, 6.07) is 8.14. The predicted molar refractivity (Wildman–Crippen MR) is 90.9 cm³/mol. The first-order valence-corrected chi connectivity index (χ1v) is 9.22. The highest BCUT2D eigenvalue weighted by molar-refractivity contribution is 9.13. The van der Waals surface area contributed by atoms with Crippen molar-refractivity contribution >= 4 is 31.9 Å². The first-order valence-electron chi connectivity index (χ1n) is 7.64. The topological polar surface area (TPSA) is 15.3 Å². The lowest BCUT2D eigenvalue weighted by atomic mass is 10.0. The highest BCUT2D eigenvalue weighted by atomic mass is 79.9. The fourth-order valence-electron chi connectivity index (χ4n) is 3.02. The minimum Gasteiger partial charge on any atom is -0.313 e. The third-order valence-electron chi connectivity index (χ3n) is 4.30. The van der Waals surface area contributed by atoms with E-state index < -0.39 is 0 Å². The Hall–Kier alpha value is 0.1000. The molecule has 1 unspecified atom stereocenters. The normalized spacial score (nSPS) is 23.2. The summed E-state index contributed by atoms with van der Waals surface area (Å²) in [6.45, 7) is 3.49. The minimum absolute atomic E-state index is 0.697. The molecule has 4 heteroatoms. The molecular weight excluding hydrogens is 380 g/mol. The van der Waals surface area contributed by atoms with Gasteiger partial charge in [0, 0.05) is 34.1 Å². The van der Waals surface area contributed by atoms with E-state index in [1.807, 2.05) is 0 Å². The Balaban J connectivity index is 1.62. The SMILES string of the molecule is Brc1ccc(CN(CC2CCCCN2)C2CC2)cc1Br. The molecule has 0 spiro atoms. The van der Waals surface area contributed by atoms with Gasteiger partial charge in [0.05, 0.1) is 0 Å². The van der Waals surface area contributed by atoms with Crippen molar-refractivity contribution in [3.05, 3.63) is 32.7 Å². The van der Waals surface area contributed by atoms with Crippen LogP contribution in [-0.4, -0.2) is 30.1 Å². The van der Waals surface area contributed by atoms with Crippen LogP contribution in [0.15, 0.2) is 27.1 Å². The van der Waals surface area contributed by atoms with Crippen molar-refractivity contribution in [1.29, 1.82) is 0 Å². The molecule has 1 heterocycles. The van der Waals surface area contributed by atoms with Crippen LogP contribution in [0.25, 0.3) is 0 Å². The summed E-state index contributed by atoms with van der Waals surface area (Å²) in [5, 5.41) is 3.68. The van der Waals surface area contributed by atoms with Crippen LogP contribution in [-0.2, 0) is 6.54 Å². The van der Waals surface area contributed by atoms with Crippen molar-refractivity contribution in [2.75, 3.05) is 13.1 Å². The van der Waals surface area contributed by atoms with Crippen LogP contribution in [0.5, 0.6) is 0 Å². The third kappa shape index (κ3) is 4.06. The summed E-state index contributed by atoms with van der Waals surface area (Å²) < 4.78 is 2.29. The molecule has 0 bridgehead atoms. The van der Waals surface area contributed by atoms with E-state index in [1.54, 1.807) is 0 Å². The molecule has 1 aliphatic heterocycles. The van der Waals surface area contributed by atoms with E-state index >= 15 is 0 Å². The molecule has 1 saturated carbocycles. The molecule has 1 aromatic carbocycles. The molecular formula is C16H22Br2N2. The summed E-state index contributed by atoms with van der Waals surface area (Å²) in [5.41, 5.74) is 1.41. The van der Waals surface area contributed by atoms with Crippen LogP contribution < -0.4 is 5.32 Å². The molecule has 1 aliphatic carbocycles. The maximum Gasteiger partial charge on any atom is 0.0320 e. The van der Waals surface area contributed by atoms with Crippen molar-refractivity contribution in [2.24, 2.45) is 0 Å². The Bertz CT molecular complexity index is 454. The fourth-order valence-corrected chi connectivity index (χ4v) is 3.69. The second-order valence-electron chi connectivity index (χ2n) is 6.06. The quantitative estimate of drug-likeness (QED) is 0.790. The molecule has 20 heavy (non-hydrogen) atoms. The Labute approximate surface area is 138 Å². The van der Waals surface area contributed by atoms with E-state index in [-0.39, 0.29) is 0 Å². The maximum absolute atomic E-state index is 3.68. The molecule has 0 aromatic heterocycles. The van der Waals surface area contributed by atoms with Gasteiger partial charge in [0.15, 0.2) is 0 Å². The lowest BCUT2D eigenvalue weighted by Gasteiger charge is -2.30. The Morgan fingerprint density at radius 1 is 1.10 bits per heavy atom. The average Bonchev–Trinajstić information content (AvgIpc) is 3.28. The number of hydrogen-bond donors (Lipinski definition) is 1. The molecule has 110 valence electrons. The molecule has 1 aromatic rings. The summed E-state index contributed by atoms with van der Waals surface area (Å²) in [6.07, 6.45) is 6.84. The number of hydrogen-bond acceptors (Lipinski definition) is 2. The van der Waals surface area contributed by atoms with E-state index in [4.69, 9.17) is 0 Å². The number of piperidine rings is 1. The van der Waals surface area contributed by atoms with Gasteiger partial charge in [0.25, 0.3) is 0 Å². The van der Waals surface area contributed by atoms with Gasteiger partial charge in [-0.3, -0.25) is 4.90 Å². The molecule has 0 radical (unpaired) electrons. The van der Waals surface area contributed by atoms with Crippen LogP contribution in [0.1, 0.15) is 37.7 Å². The number of halogens is 2. The summed E-state index contributed by atoms with van der Waals surface area (Å²) in [4.78, 5) is 2.68. The van der Waals surface area contributed by atoms with E-state index in [0.717, 1.165) is 21.5 Å². The summed E-state index contributed by atoms with van der Waals surface area (Å²) in [5.74, 6) is 0. The van der Waals surface area contributed by atoms with Crippen LogP contribution in [0, 0.1) is 0 Å². The van der Waals surface area contributed by atoms with E-state index in [2.05, 4.69) is 60.3 Å². The third-order valence-corrected chi connectivity index (χ3v) is 6.18. The van der Waals surface area contributed by atoms with E-state index in [9.17, 15) is 0 Å². The molecule has 2 fully saturated rings. The summed E-state index contributed by atoms with van der Waals surface area (Å²) >= 11 is 7.16. The monoisotopic (exact) mass is 400 g/mol. The molecule has 1 N–H and O–H groups in total. The first-order chi connectivity index (χ1) is 9.72. The second-order valence-corrected chi connectivity index (χ2v) is 7.76. The van der Waals surface area contributed by atoms with Crippen LogP contribution in [0.4, 0.5) is 0 Å². The van der Waals surface area contributed by atoms with Crippen molar-refractivity contribution in [3.8, 4) is 0 Å². The van der Waals surface area contributed by atoms with Crippen LogP contribution in [0.3, 0.4) is 0 Å². The van der Waals surface area contributed by atoms with Gasteiger partial charge in [-0.1, -0.05) is 12.5 Å². The van der Waals surface area contributed by atoms with Gasteiger partial charge >= 0.3 is 0 Å². The minimum atomic E-state index is 0.697. The van der Waals surface area contributed by atoms with Gasteiger partial charge in [-0.05, 0) is 81.8 Å². The molecule has 2 nitrogen and oxygen atoms in total. The lowest BCUT2D eigenvalue weighted by Crippen LogP contribution is -2.44. The van der Waals surface area contributed by atoms with Gasteiger partial charge < -0.3 is 5.32 Å². The van der Waals surface area contributed by atoms with Crippen molar-refractivity contribution in [1.82, 2.24) is 10.2 Å². The predicted octanol–water partition coefficient (Wildman–Crippen LogP) is 4.32. The summed E-state index contributed by atoms with van der Waals surface area (Å²) in [7, 11) is 0. The average molecular weight is 402 g/mol. The second kappa shape index (κ2) is 6.91. The fraction of sp³-hybridized carbons (Fsp3) is 0.625. The van der Waals surface area contributed by atoms with Gasteiger partial charge in [-0.15, -0.1) is 0 Å². The lowest BCUT2D eigenvalue weighted by molar-refractivity contribution is 0.208. The zero-order valence-corrected chi connectivity index (χ0v) is 14.9. The van der Waals surface area contributed by atoms with Crippen molar-refractivity contribution in [3.63, 3.8) is 0 Å². The largest absolute Gasteiger partial charge is 0.313 e. The van der Waals surface area contributed by atoms with Gasteiger partial charge in [0.2, 0.25) is 0 Å². The van der Waals surface area contributed by atoms with Crippen LogP contribution >= 0.6 is 31.9 Å². The number of rotatable bonds is 5. The van der Waals surface area contributed by atoms with E-state index in [1.165, 1.54) is 50.8 Å². The van der Waals surface area contributed by atoms with Crippen LogP contribution in [0.2, 0.25) is 0 Å². The zero-order valence-electron chi connectivity index (χ0n) is 11.7. The van der Waals surface area contributed by atoms with Gasteiger partial charge in [0.1, 0.15) is 0 Å². The molecule has 2 aliphatic rings. The number of nitrogens with one attached hydrogen (secondary N) is 1. The highest BCUT2D eigenvalue weighted by Gasteiger charge is 2.30. The Kier molecular flexibility index (Phi) is 5.18. The maximum atomic E-state index is 3.68. The van der Waals surface area contributed by atoms with Gasteiger partial charge in [-0.25, -0.2) is 0 Å². The first kappa shape index (κ1) is 15.0. The number of nitrogens with zero attached hydrogens (tertiary/aromatic N) is 1. The molecule has 0 amide bonds. The van der Waals surface area contributed by atoms with E-state index in [0.29, 0.717) is 6.04 Å². The standard InChI is InChI=1S/C16H22Br2N2/c17-15-7-4-12(9-16(15)18)10-20(14-5-6-14)11-13-3-1-2-8-19-13/h4,7,9,13-14,19H,1-3,5-6,8,10-11H2. The zero-order chi connectivity index (χ0) is 13.9. The molecule has 3 rings (SSSR count). The number of benzene rings is 1.